The quantitative estimate of drug-likeness (QED) is 0.683. The second-order valence-corrected chi connectivity index (χ2v) is 4.11. The van der Waals surface area contributed by atoms with Crippen molar-refractivity contribution in [2.24, 2.45) is 0 Å². The molecule has 0 heterocycles. The zero-order valence-corrected chi connectivity index (χ0v) is 10.1. The Labute approximate surface area is 111 Å². The van der Waals surface area contributed by atoms with Gasteiger partial charge >= 0.3 is 6.18 Å². The Balaban J connectivity index is 2.26. The molecule has 0 saturated carbocycles. The van der Waals surface area contributed by atoms with E-state index in [1.54, 1.807) is 0 Å². The van der Waals surface area contributed by atoms with Gasteiger partial charge in [-0.25, -0.2) is 4.39 Å². The fraction of sp³-hybridized carbons (Fsp3) is 0.0769. The second kappa shape index (κ2) is 5.09. The molecule has 0 atom stereocenters. The van der Waals surface area contributed by atoms with E-state index < -0.39 is 22.6 Å². The Morgan fingerprint density at radius 3 is 2.21 bits per heavy atom. The van der Waals surface area contributed by atoms with Crippen LogP contribution in [0, 0.1) is 5.82 Å². The van der Waals surface area contributed by atoms with Gasteiger partial charge < -0.3 is 4.74 Å². The van der Waals surface area contributed by atoms with Gasteiger partial charge in [-0.3, -0.25) is 0 Å². The molecule has 6 heteroatoms. The molecule has 2 rings (SSSR count). The third kappa shape index (κ3) is 3.38. The Morgan fingerprint density at radius 2 is 1.63 bits per heavy atom. The number of benzene rings is 2. The largest absolute Gasteiger partial charge is 0.457 e. The van der Waals surface area contributed by atoms with Crippen molar-refractivity contribution in [2.75, 3.05) is 0 Å². The first kappa shape index (κ1) is 13.7. The van der Waals surface area contributed by atoms with E-state index in [4.69, 9.17) is 16.3 Å². The van der Waals surface area contributed by atoms with Gasteiger partial charge in [-0.2, -0.15) is 13.2 Å². The molecule has 0 aliphatic heterocycles. The summed E-state index contributed by atoms with van der Waals surface area (Å²) in [5, 5.41) is -0.471. The molecule has 0 unspecified atom stereocenters. The van der Waals surface area contributed by atoms with Crippen molar-refractivity contribution in [1.29, 1.82) is 0 Å². The van der Waals surface area contributed by atoms with Crippen LogP contribution in [0.4, 0.5) is 17.6 Å². The smallest absolute Gasteiger partial charge is 0.417 e. The van der Waals surface area contributed by atoms with E-state index in [0.29, 0.717) is 0 Å². The van der Waals surface area contributed by atoms with Crippen LogP contribution < -0.4 is 4.74 Å². The normalized spacial score (nSPS) is 11.4. The van der Waals surface area contributed by atoms with E-state index in [1.165, 1.54) is 18.2 Å². The van der Waals surface area contributed by atoms with Gasteiger partial charge in [0.15, 0.2) is 0 Å². The van der Waals surface area contributed by atoms with Gasteiger partial charge in [0, 0.05) is 12.1 Å². The highest BCUT2D eigenvalue weighted by atomic mass is 35.5. The third-order valence-corrected chi connectivity index (χ3v) is 2.59. The van der Waals surface area contributed by atoms with Crippen LogP contribution in [0.25, 0.3) is 0 Å². The Bertz CT molecular complexity index is 595. The summed E-state index contributed by atoms with van der Waals surface area (Å²) in [6, 6.07) is 8.23. The lowest BCUT2D eigenvalue weighted by Gasteiger charge is -2.11. The van der Waals surface area contributed by atoms with E-state index in [-0.39, 0.29) is 11.5 Å². The summed E-state index contributed by atoms with van der Waals surface area (Å²) in [6.45, 7) is 0. The summed E-state index contributed by atoms with van der Waals surface area (Å²) < 4.78 is 55.6. The standard InChI is InChI=1S/C13H7ClF4O/c14-12-7-10(4-5-11(12)13(16,17)18)19-9-3-1-2-8(15)6-9/h1-7H. The Morgan fingerprint density at radius 1 is 0.947 bits per heavy atom. The van der Waals surface area contributed by atoms with E-state index in [9.17, 15) is 17.6 Å². The lowest BCUT2D eigenvalue weighted by atomic mass is 10.2. The number of ether oxygens (including phenoxy) is 1. The molecule has 0 aliphatic carbocycles. The summed E-state index contributed by atoms with van der Waals surface area (Å²) in [5.41, 5.74) is -0.944. The predicted octanol–water partition coefficient (Wildman–Crippen LogP) is 5.29. The monoisotopic (exact) mass is 290 g/mol. The van der Waals surface area contributed by atoms with Crippen molar-refractivity contribution in [3.63, 3.8) is 0 Å². The molecule has 1 nitrogen and oxygen atoms in total. The number of hydrogen-bond acceptors (Lipinski definition) is 1. The third-order valence-electron chi connectivity index (χ3n) is 2.28. The number of halogens is 5. The number of rotatable bonds is 2. The molecule has 0 bridgehead atoms. The first-order chi connectivity index (χ1) is 8.86. The highest BCUT2D eigenvalue weighted by molar-refractivity contribution is 6.31. The van der Waals surface area contributed by atoms with Gasteiger partial charge in [0.05, 0.1) is 10.6 Å². The van der Waals surface area contributed by atoms with Crippen molar-refractivity contribution in [3.05, 3.63) is 58.9 Å². The molecule has 0 aliphatic rings. The summed E-state index contributed by atoms with van der Waals surface area (Å²) in [4.78, 5) is 0. The van der Waals surface area contributed by atoms with Crippen molar-refractivity contribution in [2.45, 2.75) is 6.18 Å². The molecular formula is C13H7ClF4O. The van der Waals surface area contributed by atoms with Crippen LogP contribution in [-0.4, -0.2) is 0 Å². The molecule has 0 radical (unpaired) electrons. The number of alkyl halides is 3. The maximum atomic E-state index is 12.9. The summed E-state index contributed by atoms with van der Waals surface area (Å²) >= 11 is 5.54. The minimum absolute atomic E-state index is 0.101. The molecule has 0 amide bonds. The maximum absolute atomic E-state index is 12.9. The minimum atomic E-state index is -4.52. The predicted molar refractivity (Wildman–Crippen MR) is 62.9 cm³/mol. The Kier molecular flexibility index (Phi) is 3.66. The topological polar surface area (TPSA) is 9.23 Å². The van der Waals surface area contributed by atoms with Crippen molar-refractivity contribution in [3.8, 4) is 11.5 Å². The van der Waals surface area contributed by atoms with Crippen LogP contribution in [0.2, 0.25) is 5.02 Å². The van der Waals surface area contributed by atoms with Gasteiger partial charge in [0.1, 0.15) is 17.3 Å². The summed E-state index contributed by atoms with van der Waals surface area (Å²) in [5.74, 6) is -0.227. The van der Waals surface area contributed by atoms with Crippen LogP contribution in [0.3, 0.4) is 0 Å². The fourth-order valence-electron chi connectivity index (χ4n) is 1.46. The zero-order valence-electron chi connectivity index (χ0n) is 9.34. The van der Waals surface area contributed by atoms with E-state index in [0.717, 1.165) is 24.3 Å². The fourth-order valence-corrected chi connectivity index (χ4v) is 1.73. The van der Waals surface area contributed by atoms with Gasteiger partial charge in [0.2, 0.25) is 0 Å². The average molecular weight is 291 g/mol. The van der Waals surface area contributed by atoms with Crippen LogP contribution in [-0.2, 0) is 6.18 Å². The molecule has 2 aromatic carbocycles. The van der Waals surface area contributed by atoms with Crippen LogP contribution >= 0.6 is 11.6 Å². The van der Waals surface area contributed by atoms with Crippen LogP contribution in [0.15, 0.2) is 42.5 Å². The highest BCUT2D eigenvalue weighted by Gasteiger charge is 2.33. The summed E-state index contributed by atoms with van der Waals surface area (Å²) in [6.07, 6.45) is -4.52. The first-order valence-corrected chi connectivity index (χ1v) is 5.54. The van der Waals surface area contributed by atoms with Crippen molar-refractivity contribution < 1.29 is 22.3 Å². The van der Waals surface area contributed by atoms with E-state index in [2.05, 4.69) is 0 Å². The zero-order chi connectivity index (χ0) is 14.0. The van der Waals surface area contributed by atoms with Gasteiger partial charge in [-0.1, -0.05) is 17.7 Å². The van der Waals surface area contributed by atoms with E-state index in [1.807, 2.05) is 0 Å². The second-order valence-electron chi connectivity index (χ2n) is 3.70. The van der Waals surface area contributed by atoms with E-state index >= 15 is 0 Å². The van der Waals surface area contributed by atoms with Gasteiger partial charge in [0.25, 0.3) is 0 Å². The van der Waals surface area contributed by atoms with Crippen molar-refractivity contribution in [1.82, 2.24) is 0 Å². The molecule has 2 aromatic rings. The molecule has 19 heavy (non-hydrogen) atoms. The highest BCUT2D eigenvalue weighted by Crippen LogP contribution is 2.37. The first-order valence-electron chi connectivity index (χ1n) is 5.16. The lowest BCUT2D eigenvalue weighted by Crippen LogP contribution is -2.05. The number of hydrogen-bond donors (Lipinski definition) is 0. The maximum Gasteiger partial charge on any atom is 0.417 e. The van der Waals surface area contributed by atoms with Gasteiger partial charge in [-0.15, -0.1) is 0 Å². The molecule has 0 spiro atoms. The lowest BCUT2D eigenvalue weighted by molar-refractivity contribution is -0.137. The minimum Gasteiger partial charge on any atom is -0.457 e. The molecule has 0 saturated heterocycles. The molecule has 0 fully saturated rings. The molecule has 0 N–H and O–H groups in total. The Hall–Kier alpha value is -1.75. The molecule has 100 valence electrons. The SMILES string of the molecule is Fc1cccc(Oc2ccc(C(F)(F)F)c(Cl)c2)c1. The van der Waals surface area contributed by atoms with Crippen molar-refractivity contribution >= 4 is 11.6 Å². The molecule has 0 aromatic heterocycles. The summed E-state index contributed by atoms with van der Waals surface area (Å²) in [7, 11) is 0. The van der Waals surface area contributed by atoms with Crippen LogP contribution in [0.1, 0.15) is 5.56 Å². The van der Waals surface area contributed by atoms with Crippen LogP contribution in [0.5, 0.6) is 11.5 Å². The van der Waals surface area contributed by atoms with Gasteiger partial charge in [-0.05, 0) is 24.3 Å². The average Bonchev–Trinajstić information content (AvgIpc) is 2.27. The molecular weight excluding hydrogens is 284 g/mol.